The molecule has 2 aromatic heterocycles. The standard InChI is InChI=1S/C24H28N4O2/c1-4-30-19-9-7-18(8-10-19)14-23(29)28-13-5-6-22(28)24-21(16-27(3)26-24)20-11-12-25-15-17(20)2/h7-12,15-16,22H,4-6,13-14H2,1-3H3/t22-/m1/s1. The molecule has 1 fully saturated rings. The van der Waals surface area contributed by atoms with E-state index >= 15 is 0 Å². The number of hydrogen-bond acceptors (Lipinski definition) is 4. The number of benzene rings is 1. The molecule has 156 valence electrons. The quantitative estimate of drug-likeness (QED) is 0.621. The van der Waals surface area contributed by atoms with Gasteiger partial charge in [0.25, 0.3) is 0 Å². The van der Waals surface area contributed by atoms with E-state index in [-0.39, 0.29) is 11.9 Å². The van der Waals surface area contributed by atoms with E-state index < -0.39 is 0 Å². The first-order valence-electron chi connectivity index (χ1n) is 10.5. The second kappa shape index (κ2) is 8.69. The van der Waals surface area contributed by atoms with Crippen molar-refractivity contribution in [1.29, 1.82) is 0 Å². The first-order valence-corrected chi connectivity index (χ1v) is 10.5. The molecule has 6 nitrogen and oxygen atoms in total. The van der Waals surface area contributed by atoms with E-state index in [4.69, 9.17) is 9.84 Å². The van der Waals surface area contributed by atoms with E-state index in [0.29, 0.717) is 13.0 Å². The third-order valence-electron chi connectivity index (χ3n) is 5.65. The van der Waals surface area contributed by atoms with Crippen LogP contribution in [0.4, 0.5) is 0 Å². The van der Waals surface area contributed by atoms with Crippen LogP contribution in [0.15, 0.2) is 48.9 Å². The zero-order chi connectivity index (χ0) is 21.1. The van der Waals surface area contributed by atoms with Gasteiger partial charge in [-0.1, -0.05) is 12.1 Å². The molecule has 6 heteroatoms. The van der Waals surface area contributed by atoms with Gasteiger partial charge in [0, 0.05) is 37.7 Å². The zero-order valence-electron chi connectivity index (χ0n) is 17.8. The third kappa shape index (κ3) is 4.08. The van der Waals surface area contributed by atoms with E-state index in [0.717, 1.165) is 53.1 Å². The van der Waals surface area contributed by atoms with Crippen LogP contribution >= 0.6 is 0 Å². The molecule has 3 aromatic rings. The molecule has 30 heavy (non-hydrogen) atoms. The minimum atomic E-state index is 0.00367. The monoisotopic (exact) mass is 404 g/mol. The first-order chi connectivity index (χ1) is 14.6. The summed E-state index contributed by atoms with van der Waals surface area (Å²) in [6, 6.07) is 9.83. The fraction of sp³-hybridized carbons (Fsp3) is 0.375. The topological polar surface area (TPSA) is 60.2 Å². The Bertz CT molecular complexity index is 1030. The summed E-state index contributed by atoms with van der Waals surface area (Å²) in [5.74, 6) is 0.975. The van der Waals surface area contributed by atoms with Gasteiger partial charge in [-0.3, -0.25) is 14.5 Å². The third-order valence-corrected chi connectivity index (χ3v) is 5.65. The van der Waals surface area contributed by atoms with E-state index in [9.17, 15) is 4.79 Å². The lowest BCUT2D eigenvalue weighted by molar-refractivity contribution is -0.131. The molecular weight excluding hydrogens is 376 g/mol. The largest absolute Gasteiger partial charge is 0.494 e. The maximum Gasteiger partial charge on any atom is 0.227 e. The SMILES string of the molecule is CCOc1ccc(CC(=O)N2CCC[C@@H]2c2nn(C)cc2-c2ccncc2C)cc1. The van der Waals surface area contributed by atoms with Gasteiger partial charge in [-0.25, -0.2) is 0 Å². The molecule has 1 aliphatic heterocycles. The molecule has 0 unspecified atom stereocenters. The fourth-order valence-electron chi connectivity index (χ4n) is 4.23. The number of likely N-dealkylation sites (tertiary alicyclic amines) is 1. The smallest absolute Gasteiger partial charge is 0.227 e. The normalized spacial score (nSPS) is 16.1. The number of carbonyl (C=O) groups excluding carboxylic acids is 1. The van der Waals surface area contributed by atoms with Crippen molar-refractivity contribution >= 4 is 5.91 Å². The van der Waals surface area contributed by atoms with Gasteiger partial charge in [0.2, 0.25) is 5.91 Å². The van der Waals surface area contributed by atoms with Crippen molar-refractivity contribution in [2.45, 2.75) is 39.2 Å². The molecule has 1 saturated heterocycles. The fourth-order valence-corrected chi connectivity index (χ4v) is 4.23. The average Bonchev–Trinajstić information content (AvgIpc) is 3.36. The Morgan fingerprint density at radius 1 is 1.20 bits per heavy atom. The second-order valence-electron chi connectivity index (χ2n) is 7.79. The summed E-state index contributed by atoms with van der Waals surface area (Å²) in [7, 11) is 1.94. The number of carbonyl (C=O) groups is 1. The number of pyridine rings is 1. The molecular formula is C24H28N4O2. The van der Waals surface area contributed by atoms with Crippen molar-refractivity contribution in [2.24, 2.45) is 7.05 Å². The number of ether oxygens (including phenoxy) is 1. The summed E-state index contributed by atoms with van der Waals surface area (Å²) in [5.41, 5.74) is 5.30. The van der Waals surface area contributed by atoms with E-state index in [1.807, 2.05) is 72.5 Å². The van der Waals surface area contributed by atoms with Gasteiger partial charge in [0.15, 0.2) is 0 Å². The van der Waals surface area contributed by atoms with Crippen LogP contribution in [-0.2, 0) is 18.3 Å². The van der Waals surface area contributed by atoms with Crippen molar-refractivity contribution < 1.29 is 9.53 Å². The highest BCUT2D eigenvalue weighted by Crippen LogP contribution is 2.38. The maximum atomic E-state index is 13.2. The molecule has 0 radical (unpaired) electrons. The van der Waals surface area contributed by atoms with Crippen LogP contribution in [0, 0.1) is 6.92 Å². The summed E-state index contributed by atoms with van der Waals surface area (Å²) in [6.07, 6.45) is 8.04. The molecule has 4 rings (SSSR count). The number of aryl methyl sites for hydroxylation is 2. The molecule has 0 aliphatic carbocycles. The number of amides is 1. The molecule has 1 aliphatic rings. The van der Waals surface area contributed by atoms with Crippen LogP contribution in [0.3, 0.4) is 0 Å². The van der Waals surface area contributed by atoms with Crippen LogP contribution in [0.2, 0.25) is 0 Å². The number of nitrogens with zero attached hydrogens (tertiary/aromatic N) is 4. The summed E-state index contributed by atoms with van der Waals surface area (Å²) in [6.45, 7) is 5.43. The lowest BCUT2D eigenvalue weighted by atomic mass is 9.98. The van der Waals surface area contributed by atoms with Crippen molar-refractivity contribution in [3.8, 4) is 16.9 Å². The second-order valence-corrected chi connectivity index (χ2v) is 7.79. The van der Waals surface area contributed by atoms with Crippen molar-refractivity contribution in [3.05, 3.63) is 65.7 Å². The van der Waals surface area contributed by atoms with Crippen molar-refractivity contribution in [1.82, 2.24) is 19.7 Å². The first kappa shape index (κ1) is 20.1. The Morgan fingerprint density at radius 2 is 2.00 bits per heavy atom. The minimum absolute atomic E-state index is 0.00367. The van der Waals surface area contributed by atoms with Gasteiger partial charge < -0.3 is 9.64 Å². The molecule has 0 bridgehead atoms. The summed E-state index contributed by atoms with van der Waals surface area (Å²) in [4.78, 5) is 19.4. The zero-order valence-corrected chi connectivity index (χ0v) is 17.8. The summed E-state index contributed by atoms with van der Waals surface area (Å²) >= 11 is 0. The highest BCUT2D eigenvalue weighted by atomic mass is 16.5. The highest BCUT2D eigenvalue weighted by Gasteiger charge is 2.33. The van der Waals surface area contributed by atoms with E-state index in [2.05, 4.69) is 11.9 Å². The Balaban J connectivity index is 1.57. The van der Waals surface area contributed by atoms with Crippen LogP contribution in [-0.4, -0.2) is 38.7 Å². The Labute approximate surface area is 177 Å². The Hall–Kier alpha value is -3.15. The van der Waals surface area contributed by atoms with Gasteiger partial charge >= 0.3 is 0 Å². The van der Waals surface area contributed by atoms with E-state index in [1.54, 1.807) is 0 Å². The van der Waals surface area contributed by atoms with Gasteiger partial charge in [-0.2, -0.15) is 5.10 Å². The predicted molar refractivity (Wildman–Crippen MR) is 116 cm³/mol. The Morgan fingerprint density at radius 3 is 2.73 bits per heavy atom. The van der Waals surface area contributed by atoms with Crippen LogP contribution in [0.5, 0.6) is 5.75 Å². The molecule has 0 saturated carbocycles. The molecule has 0 N–H and O–H groups in total. The van der Waals surface area contributed by atoms with Crippen molar-refractivity contribution in [3.63, 3.8) is 0 Å². The van der Waals surface area contributed by atoms with Crippen LogP contribution < -0.4 is 4.74 Å². The summed E-state index contributed by atoms with van der Waals surface area (Å²) < 4.78 is 7.34. The molecule has 0 spiro atoms. The van der Waals surface area contributed by atoms with Crippen molar-refractivity contribution in [2.75, 3.05) is 13.2 Å². The lowest BCUT2D eigenvalue weighted by Crippen LogP contribution is -2.32. The van der Waals surface area contributed by atoms with Gasteiger partial charge in [-0.15, -0.1) is 0 Å². The van der Waals surface area contributed by atoms with Gasteiger partial charge in [-0.05, 0) is 61.6 Å². The minimum Gasteiger partial charge on any atom is -0.494 e. The molecule has 1 aromatic carbocycles. The van der Waals surface area contributed by atoms with E-state index in [1.165, 1.54) is 0 Å². The molecule has 3 heterocycles. The molecule has 1 atom stereocenters. The number of hydrogen-bond donors (Lipinski definition) is 0. The average molecular weight is 405 g/mol. The Kier molecular flexibility index (Phi) is 5.84. The summed E-state index contributed by atoms with van der Waals surface area (Å²) in [5, 5.41) is 4.77. The van der Waals surface area contributed by atoms with Crippen LogP contribution in [0.25, 0.3) is 11.1 Å². The number of rotatable bonds is 6. The maximum absolute atomic E-state index is 13.2. The lowest BCUT2D eigenvalue weighted by Gasteiger charge is -2.24. The molecule has 1 amide bonds. The predicted octanol–water partition coefficient (Wildman–Crippen LogP) is 4.10. The number of aromatic nitrogens is 3. The highest BCUT2D eigenvalue weighted by molar-refractivity contribution is 5.80. The van der Waals surface area contributed by atoms with Gasteiger partial charge in [0.1, 0.15) is 5.75 Å². The van der Waals surface area contributed by atoms with Crippen LogP contribution in [0.1, 0.15) is 42.6 Å². The van der Waals surface area contributed by atoms with Gasteiger partial charge in [0.05, 0.1) is 24.8 Å².